The molecule has 170 valence electrons. The number of fused-ring (bicyclic) bond motifs is 2. The number of benzene rings is 2. The Morgan fingerprint density at radius 2 is 1.56 bits per heavy atom. The molecule has 1 aliphatic carbocycles. The third kappa shape index (κ3) is 4.21. The van der Waals surface area contributed by atoms with Gasteiger partial charge >= 0.3 is 0 Å². The van der Waals surface area contributed by atoms with Crippen LogP contribution in [0.1, 0.15) is 29.5 Å². The van der Waals surface area contributed by atoms with Crippen LogP contribution in [0.25, 0.3) is 0 Å². The summed E-state index contributed by atoms with van der Waals surface area (Å²) in [6.07, 6.45) is 5.04. The molecule has 0 spiro atoms. The summed E-state index contributed by atoms with van der Waals surface area (Å²) in [5, 5.41) is 0. The maximum Gasteiger partial charge on any atom is 0.243 e. The summed E-state index contributed by atoms with van der Waals surface area (Å²) in [4.78, 5) is 14.8. The van der Waals surface area contributed by atoms with Crippen molar-refractivity contribution in [3.05, 3.63) is 53.1 Å². The number of aryl methyl sites for hydroxylation is 2. The number of hydrogen-bond donors (Lipinski definition) is 0. The SMILES string of the molecule is O=C(Cc1ccc2c(c1)CCCC2)N1CCN(S(=O)(=O)c2ccc3c(c2)OCCO3)CC1. The highest BCUT2D eigenvalue weighted by Crippen LogP contribution is 2.33. The zero-order valence-electron chi connectivity index (χ0n) is 18.1. The maximum atomic E-state index is 13.1. The molecule has 2 aromatic rings. The van der Waals surface area contributed by atoms with Gasteiger partial charge in [-0.05, 0) is 54.5 Å². The average Bonchev–Trinajstić information content (AvgIpc) is 2.83. The van der Waals surface area contributed by atoms with E-state index in [0.717, 1.165) is 18.4 Å². The van der Waals surface area contributed by atoms with Gasteiger partial charge in [0.2, 0.25) is 15.9 Å². The molecule has 5 rings (SSSR count). The fraction of sp³-hybridized carbons (Fsp3) is 0.458. The molecule has 3 aliphatic rings. The van der Waals surface area contributed by atoms with Gasteiger partial charge in [0.25, 0.3) is 0 Å². The van der Waals surface area contributed by atoms with Gasteiger partial charge in [0.1, 0.15) is 13.2 Å². The molecule has 0 N–H and O–H groups in total. The summed E-state index contributed by atoms with van der Waals surface area (Å²) in [6, 6.07) is 11.1. The predicted molar refractivity (Wildman–Crippen MR) is 120 cm³/mol. The van der Waals surface area contributed by atoms with Gasteiger partial charge in [-0.3, -0.25) is 4.79 Å². The maximum absolute atomic E-state index is 13.1. The van der Waals surface area contributed by atoms with Gasteiger partial charge < -0.3 is 14.4 Å². The van der Waals surface area contributed by atoms with Crippen LogP contribution in [0.4, 0.5) is 0 Å². The van der Waals surface area contributed by atoms with E-state index in [2.05, 4.69) is 18.2 Å². The Kier molecular flexibility index (Phi) is 5.82. The number of sulfonamides is 1. The predicted octanol–water partition coefficient (Wildman–Crippen LogP) is 2.41. The number of piperazine rings is 1. The number of nitrogens with zero attached hydrogens (tertiary/aromatic N) is 2. The topological polar surface area (TPSA) is 76.2 Å². The monoisotopic (exact) mass is 456 g/mol. The number of ether oxygens (including phenoxy) is 2. The molecule has 1 saturated heterocycles. The van der Waals surface area contributed by atoms with E-state index in [1.165, 1.54) is 34.3 Å². The minimum Gasteiger partial charge on any atom is -0.486 e. The molecule has 8 heteroatoms. The van der Waals surface area contributed by atoms with E-state index in [-0.39, 0.29) is 23.9 Å². The molecule has 32 heavy (non-hydrogen) atoms. The first-order valence-corrected chi connectivity index (χ1v) is 12.7. The lowest BCUT2D eigenvalue weighted by atomic mass is 9.90. The zero-order valence-corrected chi connectivity index (χ0v) is 18.9. The Balaban J connectivity index is 1.21. The van der Waals surface area contributed by atoms with Crippen LogP contribution in [0.5, 0.6) is 11.5 Å². The standard InChI is InChI=1S/C24H28N2O5S/c27-24(16-18-5-6-19-3-1-2-4-20(19)15-18)25-9-11-26(12-10-25)32(28,29)21-7-8-22-23(17-21)31-14-13-30-22/h5-8,15,17H,1-4,9-14,16H2. The molecule has 1 fully saturated rings. The minimum atomic E-state index is -3.65. The van der Waals surface area contributed by atoms with Crippen molar-refractivity contribution in [2.24, 2.45) is 0 Å². The largest absolute Gasteiger partial charge is 0.486 e. The second-order valence-corrected chi connectivity index (χ2v) is 10.5. The van der Waals surface area contributed by atoms with Crippen molar-refractivity contribution < 1.29 is 22.7 Å². The van der Waals surface area contributed by atoms with Gasteiger partial charge in [-0.2, -0.15) is 4.31 Å². The van der Waals surface area contributed by atoms with Crippen LogP contribution in [-0.2, 0) is 34.1 Å². The highest BCUT2D eigenvalue weighted by Gasteiger charge is 2.31. The highest BCUT2D eigenvalue weighted by molar-refractivity contribution is 7.89. The minimum absolute atomic E-state index is 0.0529. The first kappa shape index (κ1) is 21.3. The lowest BCUT2D eigenvalue weighted by Crippen LogP contribution is -2.50. The number of rotatable bonds is 4. The van der Waals surface area contributed by atoms with Gasteiger partial charge in [0.05, 0.1) is 11.3 Å². The van der Waals surface area contributed by atoms with E-state index < -0.39 is 10.0 Å². The number of amides is 1. The Bertz CT molecular complexity index is 1120. The second-order valence-electron chi connectivity index (χ2n) is 8.58. The van der Waals surface area contributed by atoms with Crippen molar-refractivity contribution >= 4 is 15.9 Å². The molecule has 2 aliphatic heterocycles. The highest BCUT2D eigenvalue weighted by atomic mass is 32.2. The van der Waals surface area contributed by atoms with E-state index in [1.54, 1.807) is 17.0 Å². The molecule has 0 radical (unpaired) electrons. The fourth-order valence-electron chi connectivity index (χ4n) is 4.69. The molecular formula is C24H28N2O5S. The van der Waals surface area contributed by atoms with Crippen LogP contribution in [0.2, 0.25) is 0 Å². The summed E-state index contributed by atoms with van der Waals surface area (Å²) >= 11 is 0. The summed E-state index contributed by atoms with van der Waals surface area (Å²) < 4.78 is 38.7. The smallest absolute Gasteiger partial charge is 0.243 e. The van der Waals surface area contributed by atoms with Gasteiger partial charge in [0, 0.05) is 32.2 Å². The van der Waals surface area contributed by atoms with Gasteiger partial charge in [-0.15, -0.1) is 0 Å². The van der Waals surface area contributed by atoms with E-state index in [0.29, 0.717) is 44.2 Å². The third-order valence-electron chi connectivity index (χ3n) is 6.51. The molecule has 7 nitrogen and oxygen atoms in total. The quantitative estimate of drug-likeness (QED) is 0.706. The van der Waals surface area contributed by atoms with Crippen molar-refractivity contribution in [1.82, 2.24) is 9.21 Å². The van der Waals surface area contributed by atoms with Crippen LogP contribution in [0.3, 0.4) is 0 Å². The molecule has 0 aromatic heterocycles. The number of carbonyl (C=O) groups is 1. The fourth-order valence-corrected chi connectivity index (χ4v) is 6.13. The molecule has 0 atom stereocenters. The number of hydrogen-bond acceptors (Lipinski definition) is 5. The lowest BCUT2D eigenvalue weighted by molar-refractivity contribution is -0.131. The Morgan fingerprint density at radius 3 is 2.34 bits per heavy atom. The summed E-state index contributed by atoms with van der Waals surface area (Å²) in [5.74, 6) is 1.07. The molecule has 0 unspecified atom stereocenters. The third-order valence-corrected chi connectivity index (χ3v) is 8.41. The molecular weight excluding hydrogens is 428 g/mol. The zero-order chi connectivity index (χ0) is 22.1. The van der Waals surface area contributed by atoms with Crippen LogP contribution in [-0.4, -0.2) is 62.9 Å². The summed E-state index contributed by atoms with van der Waals surface area (Å²) in [5.41, 5.74) is 3.82. The first-order chi connectivity index (χ1) is 15.5. The summed E-state index contributed by atoms with van der Waals surface area (Å²) in [6.45, 7) is 2.22. The Morgan fingerprint density at radius 1 is 0.844 bits per heavy atom. The molecule has 2 aromatic carbocycles. The van der Waals surface area contributed by atoms with Crippen molar-refractivity contribution in [2.75, 3.05) is 39.4 Å². The van der Waals surface area contributed by atoms with Crippen molar-refractivity contribution in [2.45, 2.75) is 37.0 Å². The lowest BCUT2D eigenvalue weighted by Gasteiger charge is -2.34. The van der Waals surface area contributed by atoms with Crippen LogP contribution < -0.4 is 9.47 Å². The van der Waals surface area contributed by atoms with Crippen LogP contribution >= 0.6 is 0 Å². The molecule has 0 bridgehead atoms. The van der Waals surface area contributed by atoms with E-state index >= 15 is 0 Å². The van der Waals surface area contributed by atoms with Crippen molar-refractivity contribution in [3.8, 4) is 11.5 Å². The normalized spacial score (nSPS) is 18.8. The van der Waals surface area contributed by atoms with Gasteiger partial charge in [-0.25, -0.2) is 8.42 Å². The van der Waals surface area contributed by atoms with Crippen LogP contribution in [0, 0.1) is 0 Å². The average molecular weight is 457 g/mol. The summed E-state index contributed by atoms with van der Waals surface area (Å²) in [7, 11) is -3.65. The molecule has 0 saturated carbocycles. The van der Waals surface area contributed by atoms with E-state index in [9.17, 15) is 13.2 Å². The Hall–Kier alpha value is -2.58. The van der Waals surface area contributed by atoms with Crippen LogP contribution in [0.15, 0.2) is 41.3 Å². The Labute approximate surface area is 189 Å². The van der Waals surface area contributed by atoms with Gasteiger partial charge in [0.15, 0.2) is 11.5 Å². The molecule has 2 heterocycles. The number of carbonyl (C=O) groups excluding carboxylic acids is 1. The second kappa shape index (κ2) is 8.75. The van der Waals surface area contributed by atoms with Crippen molar-refractivity contribution in [1.29, 1.82) is 0 Å². The first-order valence-electron chi connectivity index (χ1n) is 11.3. The van der Waals surface area contributed by atoms with Gasteiger partial charge in [-0.1, -0.05) is 18.2 Å². The van der Waals surface area contributed by atoms with E-state index in [1.807, 2.05) is 0 Å². The van der Waals surface area contributed by atoms with Crippen molar-refractivity contribution in [3.63, 3.8) is 0 Å². The molecule has 1 amide bonds. The van der Waals surface area contributed by atoms with E-state index in [4.69, 9.17) is 9.47 Å².